The minimum Gasteiger partial charge on any atom is -0.508 e. The Morgan fingerprint density at radius 1 is 0.331 bits per heavy atom. The first kappa shape index (κ1) is 98.1. The summed E-state index contributed by atoms with van der Waals surface area (Å²) in [7, 11) is 0. The zero-order chi connectivity index (χ0) is 91.3. The summed E-state index contributed by atoms with van der Waals surface area (Å²) in [4.78, 5) is 220. The van der Waals surface area contributed by atoms with Crippen molar-refractivity contribution in [3.05, 3.63) is 191 Å². The van der Waals surface area contributed by atoms with E-state index in [9.17, 15) is 118 Å². The van der Waals surface area contributed by atoms with Gasteiger partial charge in [0.05, 0.1) is 25.4 Å². The van der Waals surface area contributed by atoms with Gasteiger partial charge in [0, 0.05) is 45.1 Å². The Bertz CT molecular complexity index is 4700. The maximum atomic E-state index is 14.9. The average molecular weight is 1720 g/mol. The number of aliphatic carboxylic acids is 4. The van der Waals surface area contributed by atoms with Gasteiger partial charge in [-0.25, -0.2) is 4.79 Å². The normalized spacial score (nSPS) is 13.8. The Morgan fingerprint density at radius 2 is 0.645 bits per heavy atom. The van der Waals surface area contributed by atoms with Crippen molar-refractivity contribution in [2.75, 3.05) is 13.1 Å². The predicted molar refractivity (Wildman–Crippen MR) is 443 cm³/mol. The van der Waals surface area contributed by atoms with E-state index in [1.807, 2.05) is 0 Å². The lowest BCUT2D eigenvalue weighted by Crippen LogP contribution is -2.60. The molecule has 12 amide bonds. The highest BCUT2D eigenvalue weighted by Gasteiger charge is 2.38. The molecule has 0 unspecified atom stereocenters. The van der Waals surface area contributed by atoms with E-state index >= 15 is 0 Å². The highest BCUT2D eigenvalue weighted by molar-refractivity contribution is 6.00. The molecule has 0 aliphatic rings. The summed E-state index contributed by atoms with van der Waals surface area (Å²) in [6.07, 6.45) is -5.84. The van der Waals surface area contributed by atoms with E-state index in [1.54, 1.807) is 74.5 Å². The first-order chi connectivity index (χ1) is 58.8. The van der Waals surface area contributed by atoms with Gasteiger partial charge in [-0.05, 0) is 127 Å². The number of hydrogen-bond acceptors (Lipinski definition) is 22. The third-order valence-corrected chi connectivity index (χ3v) is 19.0. The molecular formula is C84H104N16O24. The molecule has 0 saturated heterocycles. The number of amides is 12. The minimum absolute atomic E-state index is 0.0205. The average Bonchev–Trinajstić information content (AvgIpc) is 0.847. The molecule has 6 rings (SSSR count). The fourth-order valence-electron chi connectivity index (χ4n) is 12.5. The molecule has 0 heterocycles. The van der Waals surface area contributed by atoms with Crippen LogP contribution in [0.5, 0.6) is 23.0 Å². The van der Waals surface area contributed by atoms with Crippen molar-refractivity contribution in [2.24, 2.45) is 17.4 Å². The number of hydrogen-bond donors (Lipinski definition) is 24. The Kier molecular flexibility index (Phi) is 38.9. The first-order valence-electron chi connectivity index (χ1n) is 39.3. The van der Waals surface area contributed by atoms with Crippen LogP contribution in [0.15, 0.2) is 158 Å². The molecule has 26 N–H and O–H groups in total. The molecular weight excluding hydrogens is 1620 g/mol. The number of carbonyl (C=O) groups is 16. The van der Waals surface area contributed by atoms with Crippen LogP contribution in [0.25, 0.3) is 0 Å². The molecule has 0 aromatic heterocycles. The number of carboxylic acid groups (broad SMARTS) is 4. The lowest BCUT2D eigenvalue weighted by atomic mass is 10.0. The van der Waals surface area contributed by atoms with Crippen molar-refractivity contribution in [3.63, 3.8) is 0 Å². The van der Waals surface area contributed by atoms with Gasteiger partial charge in [-0.2, -0.15) is 0 Å². The second-order valence-corrected chi connectivity index (χ2v) is 29.7. The highest BCUT2D eigenvalue weighted by atomic mass is 16.4. The molecule has 124 heavy (non-hydrogen) atoms. The molecule has 0 aliphatic carbocycles. The van der Waals surface area contributed by atoms with Gasteiger partial charge in [0.25, 0.3) is 0 Å². The molecule has 6 aromatic rings. The van der Waals surface area contributed by atoms with Gasteiger partial charge in [-0.15, -0.1) is 0 Å². The van der Waals surface area contributed by atoms with Crippen LogP contribution in [0, 0.1) is 11.3 Å². The number of carbonyl (C=O) groups excluding carboxylic acids is 12. The zero-order valence-electron chi connectivity index (χ0n) is 67.9. The summed E-state index contributed by atoms with van der Waals surface area (Å²) in [5.41, 5.74) is 14.1. The van der Waals surface area contributed by atoms with Gasteiger partial charge >= 0.3 is 23.9 Å². The number of benzene rings is 6. The molecule has 6 aromatic carbocycles. The van der Waals surface area contributed by atoms with Crippen LogP contribution in [0.1, 0.15) is 99.1 Å². The Hall–Kier alpha value is -14.7. The molecule has 0 aliphatic heterocycles. The third kappa shape index (κ3) is 34.9. The number of phenols is 4. The summed E-state index contributed by atoms with van der Waals surface area (Å²) < 4.78 is 0. The van der Waals surface area contributed by atoms with Gasteiger partial charge in [0.2, 0.25) is 70.9 Å². The third-order valence-electron chi connectivity index (χ3n) is 19.0. The van der Waals surface area contributed by atoms with Gasteiger partial charge < -0.3 is 121 Å². The van der Waals surface area contributed by atoms with Gasteiger partial charge in [-0.1, -0.05) is 123 Å². The fraction of sp³-hybridized carbons (Fsp3) is 0.369. The fourth-order valence-corrected chi connectivity index (χ4v) is 12.5. The Labute approximate surface area is 711 Å². The maximum absolute atomic E-state index is 14.9. The van der Waals surface area contributed by atoms with E-state index in [4.69, 9.17) is 16.9 Å². The smallest absolute Gasteiger partial charge is 0.326 e. The van der Waals surface area contributed by atoms with Gasteiger partial charge in [0.1, 0.15) is 89.5 Å². The van der Waals surface area contributed by atoms with E-state index < -0.39 is 218 Å². The molecule has 0 radical (unpaired) electrons. The maximum Gasteiger partial charge on any atom is 0.326 e. The number of phenolic OH excluding ortho intramolecular Hbond substituents is 4. The zero-order valence-corrected chi connectivity index (χ0v) is 67.9. The first-order valence-corrected chi connectivity index (χ1v) is 39.3. The van der Waals surface area contributed by atoms with Crippen molar-refractivity contribution in [2.45, 2.75) is 177 Å². The van der Waals surface area contributed by atoms with Crippen LogP contribution in [0.2, 0.25) is 0 Å². The SMILES string of the molecule is CC(C)C[C@H](NC(=O)[C@H](C)NC(=O)[C@H](Cc1ccccc1)NC(=O)[C@H](Cc1ccc(O)cc1)NC(=O)CNC(=O)[C@H](CCC(=O)O)NC(=O)[C@H](Cc1ccc(O)cc1)NC(=O)[C@H](CCCNC(=N)N)NC(=O)[C@H](Cc1ccc(O)cc1)NC(=O)[C@H](CC(=O)O)NC(=O)[C@@H](N)Cc1ccccc1)C(=O)N[C@@H](CC(=O)O)C(=O)N[C@@H](Cc1ccc(O)cc1)C(=O)O. The molecule has 40 nitrogen and oxygen atoms in total. The summed E-state index contributed by atoms with van der Waals surface area (Å²) in [5, 5.41) is 119. The van der Waals surface area contributed by atoms with Crippen molar-refractivity contribution in [1.29, 1.82) is 5.41 Å². The molecule has 12 atom stereocenters. The van der Waals surface area contributed by atoms with Crippen LogP contribution in [-0.2, 0) is 115 Å². The van der Waals surface area contributed by atoms with Crippen LogP contribution in [0.4, 0.5) is 0 Å². The summed E-state index contributed by atoms with van der Waals surface area (Å²) in [6, 6.07) is 17.9. The minimum atomic E-state index is -1.88. The van der Waals surface area contributed by atoms with E-state index in [-0.39, 0.29) is 86.0 Å². The molecule has 664 valence electrons. The van der Waals surface area contributed by atoms with Crippen molar-refractivity contribution < 1.29 is 118 Å². The number of carboxylic acids is 4. The monoisotopic (exact) mass is 1720 g/mol. The molecule has 0 fully saturated rings. The van der Waals surface area contributed by atoms with Crippen LogP contribution in [0.3, 0.4) is 0 Å². The van der Waals surface area contributed by atoms with Crippen molar-refractivity contribution >= 4 is 101 Å². The van der Waals surface area contributed by atoms with E-state index in [0.717, 1.165) is 0 Å². The Balaban J connectivity index is 1.22. The number of rotatable bonds is 50. The predicted octanol–water partition coefficient (Wildman–Crippen LogP) is -1.73. The van der Waals surface area contributed by atoms with Crippen LogP contribution < -0.4 is 80.6 Å². The number of nitrogens with one attached hydrogen (secondary N) is 14. The number of aromatic hydroxyl groups is 4. The quantitative estimate of drug-likeness (QED) is 0.0115. The lowest BCUT2D eigenvalue weighted by molar-refractivity contribution is -0.144. The van der Waals surface area contributed by atoms with E-state index in [2.05, 4.69) is 69.1 Å². The van der Waals surface area contributed by atoms with E-state index in [0.29, 0.717) is 27.8 Å². The Morgan fingerprint density at radius 3 is 1.03 bits per heavy atom. The number of guanidine groups is 1. The standard InChI is InChI=1S/C84H104N16O24/c1-45(2)35-60(77(117)99-66(43-71(110)111)82(122)100-67(83(123)124)41-52-22-30-56(104)31-23-52)94-72(112)46(3)90-76(116)62(37-48-13-8-5-9-14-48)97-78(118)61(38-49-16-24-53(101)25-17-49)91-68(105)44-89-74(114)59(32-33-69(106)107)93-80(120)63(39-50-18-26-54(102)27-19-50)96-75(115)58(15-10-34-88-84(86)87)92-79(119)64(40-51-20-28-55(103)29-21-51)98-81(121)65(42-70(108)109)95-73(113)57(85)36-47-11-6-4-7-12-47/h4-9,11-14,16-31,45-46,57-67,101-104H,10,15,32-44,85H2,1-3H3,(H,89,114)(H,90,116)(H,91,105)(H,92,119)(H,93,120)(H,94,112)(H,95,113)(H,96,115)(H,97,118)(H,98,121)(H,99,117)(H,100,122)(H,106,107)(H,108,109)(H,110,111)(H,123,124)(H4,86,87,88)/t46-,57-,58-,59-,60-,61-,62-,63-,64-,65-,66-,67-/m0/s1. The molecule has 0 saturated carbocycles. The lowest BCUT2D eigenvalue weighted by Gasteiger charge is -2.27. The second-order valence-electron chi connectivity index (χ2n) is 29.7. The van der Waals surface area contributed by atoms with Crippen LogP contribution >= 0.6 is 0 Å². The summed E-state index contributed by atoms with van der Waals surface area (Å²) in [5.74, 6) is -20.8. The molecule has 0 bridgehead atoms. The van der Waals surface area contributed by atoms with Crippen molar-refractivity contribution in [3.8, 4) is 23.0 Å². The second kappa shape index (κ2) is 49.1. The summed E-state index contributed by atoms with van der Waals surface area (Å²) >= 11 is 0. The highest BCUT2D eigenvalue weighted by Crippen LogP contribution is 2.19. The van der Waals surface area contributed by atoms with E-state index in [1.165, 1.54) is 104 Å². The van der Waals surface area contributed by atoms with Gasteiger partial charge in [0.15, 0.2) is 5.96 Å². The molecule has 0 spiro atoms. The number of nitrogens with two attached hydrogens (primary N) is 2. The largest absolute Gasteiger partial charge is 0.508 e. The van der Waals surface area contributed by atoms with Crippen molar-refractivity contribution in [1.82, 2.24) is 69.1 Å². The topological polar surface area (TPSA) is 667 Å². The summed E-state index contributed by atoms with van der Waals surface area (Å²) in [6.45, 7) is 3.48. The molecule has 40 heteroatoms. The van der Waals surface area contributed by atoms with Gasteiger partial charge in [-0.3, -0.25) is 77.3 Å². The van der Waals surface area contributed by atoms with Crippen LogP contribution in [-0.4, -0.2) is 227 Å².